The van der Waals surface area contributed by atoms with E-state index in [1.54, 1.807) is 13.2 Å². The predicted octanol–water partition coefficient (Wildman–Crippen LogP) is 3.83. The van der Waals surface area contributed by atoms with Crippen molar-refractivity contribution in [3.05, 3.63) is 53.6 Å². The molecule has 26 heavy (non-hydrogen) atoms. The van der Waals surface area contributed by atoms with E-state index in [4.69, 9.17) is 14.2 Å². The molecule has 5 nitrogen and oxygen atoms in total. The lowest BCUT2D eigenvalue weighted by atomic mass is 10.0. The van der Waals surface area contributed by atoms with Gasteiger partial charge in [-0.25, -0.2) is 0 Å². The number of nitrogens with zero attached hydrogens (tertiary/aromatic N) is 1. The Bertz CT molecular complexity index is 804. The lowest BCUT2D eigenvalue weighted by Gasteiger charge is -2.26. The molecule has 1 amide bonds. The van der Waals surface area contributed by atoms with Crippen LogP contribution in [0.15, 0.2) is 42.5 Å². The summed E-state index contributed by atoms with van der Waals surface area (Å²) in [5.41, 5.74) is 1.76. The van der Waals surface area contributed by atoms with Gasteiger partial charge in [0.15, 0.2) is 11.5 Å². The number of methoxy groups -OCH3 is 1. The second kappa shape index (κ2) is 7.28. The van der Waals surface area contributed by atoms with E-state index in [0.29, 0.717) is 24.5 Å². The maximum atomic E-state index is 13.1. The summed E-state index contributed by atoms with van der Waals surface area (Å²) < 4.78 is 16.8. The Morgan fingerprint density at radius 2 is 1.92 bits per heavy atom. The van der Waals surface area contributed by atoms with Crippen molar-refractivity contribution in [1.82, 2.24) is 4.90 Å². The van der Waals surface area contributed by atoms with Gasteiger partial charge in [-0.15, -0.1) is 0 Å². The highest BCUT2D eigenvalue weighted by Gasteiger charge is 2.31. The summed E-state index contributed by atoms with van der Waals surface area (Å²) in [7, 11) is 1.61. The van der Waals surface area contributed by atoms with Crippen LogP contribution in [0.5, 0.6) is 17.2 Å². The molecule has 2 aromatic rings. The van der Waals surface area contributed by atoms with Crippen molar-refractivity contribution in [3.8, 4) is 17.2 Å². The Labute approximate surface area is 153 Å². The number of likely N-dealkylation sites (tertiary alicyclic amines) is 1. The summed E-state index contributed by atoms with van der Waals surface area (Å²) in [5.74, 6) is 2.30. The number of carbonyl (C=O) groups excluding carboxylic acids is 1. The number of carbonyl (C=O) groups is 1. The van der Waals surface area contributed by atoms with Crippen molar-refractivity contribution in [2.75, 3.05) is 26.9 Å². The summed E-state index contributed by atoms with van der Waals surface area (Å²) in [6, 6.07) is 13.4. The maximum Gasteiger partial charge on any atom is 0.254 e. The summed E-state index contributed by atoms with van der Waals surface area (Å²) in [6.45, 7) is 2.10. The highest BCUT2D eigenvalue weighted by atomic mass is 16.5. The third-order valence-electron chi connectivity index (χ3n) is 4.99. The molecule has 0 saturated carbocycles. The zero-order chi connectivity index (χ0) is 17.9. The van der Waals surface area contributed by atoms with Crippen LogP contribution in [0.3, 0.4) is 0 Å². The van der Waals surface area contributed by atoms with Crippen LogP contribution in [0.1, 0.15) is 41.2 Å². The van der Waals surface area contributed by atoms with E-state index in [1.165, 1.54) is 0 Å². The number of fused-ring (bicyclic) bond motifs is 1. The van der Waals surface area contributed by atoms with Gasteiger partial charge in [0, 0.05) is 18.5 Å². The first-order valence-corrected chi connectivity index (χ1v) is 9.11. The molecule has 4 rings (SSSR count). The minimum Gasteiger partial charge on any atom is -0.497 e. The molecule has 0 N–H and O–H groups in total. The number of amides is 1. The van der Waals surface area contributed by atoms with Crippen LogP contribution in [-0.4, -0.2) is 37.7 Å². The van der Waals surface area contributed by atoms with Crippen molar-refractivity contribution < 1.29 is 19.0 Å². The molecule has 2 aliphatic rings. The highest BCUT2D eigenvalue weighted by Crippen LogP contribution is 2.38. The predicted molar refractivity (Wildman–Crippen MR) is 98.1 cm³/mol. The molecule has 1 atom stereocenters. The third-order valence-corrected chi connectivity index (χ3v) is 4.99. The van der Waals surface area contributed by atoms with Crippen LogP contribution in [0.2, 0.25) is 0 Å². The van der Waals surface area contributed by atoms with Crippen molar-refractivity contribution in [3.63, 3.8) is 0 Å². The van der Waals surface area contributed by atoms with Crippen molar-refractivity contribution in [2.45, 2.75) is 25.3 Å². The van der Waals surface area contributed by atoms with E-state index in [2.05, 4.69) is 6.07 Å². The van der Waals surface area contributed by atoms with E-state index in [-0.39, 0.29) is 11.9 Å². The average molecular weight is 353 g/mol. The van der Waals surface area contributed by atoms with E-state index < -0.39 is 0 Å². The van der Waals surface area contributed by atoms with Crippen molar-refractivity contribution in [2.24, 2.45) is 0 Å². The number of benzene rings is 2. The van der Waals surface area contributed by atoms with Gasteiger partial charge < -0.3 is 19.1 Å². The Morgan fingerprint density at radius 1 is 1.08 bits per heavy atom. The lowest BCUT2D eigenvalue weighted by Crippen LogP contribution is -2.30. The normalized spacial score (nSPS) is 19.1. The van der Waals surface area contributed by atoms with Crippen LogP contribution < -0.4 is 14.2 Å². The molecule has 136 valence electrons. The first-order valence-electron chi connectivity index (χ1n) is 9.11. The highest BCUT2D eigenvalue weighted by molar-refractivity contribution is 5.95. The van der Waals surface area contributed by atoms with Crippen molar-refractivity contribution in [1.29, 1.82) is 0 Å². The van der Waals surface area contributed by atoms with Gasteiger partial charge in [0.25, 0.3) is 5.91 Å². The molecule has 0 spiro atoms. The van der Waals surface area contributed by atoms with Crippen LogP contribution in [0.4, 0.5) is 0 Å². The smallest absolute Gasteiger partial charge is 0.254 e. The van der Waals surface area contributed by atoms with Gasteiger partial charge in [-0.05, 0) is 48.7 Å². The first kappa shape index (κ1) is 16.8. The molecular weight excluding hydrogens is 330 g/mol. The number of hydrogen-bond acceptors (Lipinski definition) is 4. The van der Waals surface area contributed by atoms with Crippen LogP contribution in [0, 0.1) is 0 Å². The van der Waals surface area contributed by atoms with E-state index in [0.717, 1.165) is 42.9 Å². The summed E-state index contributed by atoms with van der Waals surface area (Å²) in [4.78, 5) is 15.0. The monoisotopic (exact) mass is 353 g/mol. The van der Waals surface area contributed by atoms with Crippen LogP contribution >= 0.6 is 0 Å². The second-order valence-corrected chi connectivity index (χ2v) is 6.65. The van der Waals surface area contributed by atoms with E-state index >= 15 is 0 Å². The van der Waals surface area contributed by atoms with Gasteiger partial charge in [0.05, 0.1) is 26.4 Å². The van der Waals surface area contributed by atoms with Gasteiger partial charge in [-0.1, -0.05) is 12.1 Å². The molecular formula is C21H23NO4. The Hall–Kier alpha value is -2.69. The Balaban J connectivity index is 1.60. The van der Waals surface area contributed by atoms with Gasteiger partial charge in [-0.3, -0.25) is 4.79 Å². The molecule has 1 fully saturated rings. The quantitative estimate of drug-likeness (QED) is 0.841. The molecule has 2 aliphatic heterocycles. The standard InChI is InChI=1S/C21H23NO4/c1-24-17-6-2-5-16(13-17)21(23)22-10-3-7-18(22)15-8-9-19-20(14-15)26-12-4-11-25-19/h2,5-6,8-9,13-14,18H,3-4,7,10-12H2,1H3. The molecule has 0 aromatic heterocycles. The summed E-state index contributed by atoms with van der Waals surface area (Å²) >= 11 is 0. The summed E-state index contributed by atoms with van der Waals surface area (Å²) in [6.07, 6.45) is 2.83. The molecule has 5 heteroatoms. The van der Waals surface area contributed by atoms with Crippen molar-refractivity contribution >= 4 is 5.91 Å². The van der Waals surface area contributed by atoms with Crippen LogP contribution in [-0.2, 0) is 0 Å². The maximum absolute atomic E-state index is 13.1. The average Bonchev–Trinajstić information content (AvgIpc) is 3.06. The number of ether oxygens (including phenoxy) is 3. The molecule has 0 bridgehead atoms. The SMILES string of the molecule is COc1cccc(C(=O)N2CCCC2c2ccc3c(c2)OCCCO3)c1. The fraction of sp³-hybridized carbons (Fsp3) is 0.381. The fourth-order valence-corrected chi connectivity index (χ4v) is 3.67. The van der Waals surface area contributed by atoms with Crippen LogP contribution in [0.25, 0.3) is 0 Å². The minimum atomic E-state index is 0.0403. The number of rotatable bonds is 3. The molecule has 1 unspecified atom stereocenters. The Morgan fingerprint density at radius 3 is 2.77 bits per heavy atom. The van der Waals surface area contributed by atoms with Gasteiger partial charge in [-0.2, -0.15) is 0 Å². The zero-order valence-electron chi connectivity index (χ0n) is 14.9. The molecule has 0 aliphatic carbocycles. The van der Waals surface area contributed by atoms with Gasteiger partial charge in [0.2, 0.25) is 0 Å². The Kier molecular flexibility index (Phi) is 4.69. The third kappa shape index (κ3) is 3.21. The van der Waals surface area contributed by atoms with Gasteiger partial charge >= 0.3 is 0 Å². The minimum absolute atomic E-state index is 0.0403. The van der Waals surface area contributed by atoms with Gasteiger partial charge in [0.1, 0.15) is 5.75 Å². The molecule has 2 heterocycles. The molecule has 2 aromatic carbocycles. The fourth-order valence-electron chi connectivity index (χ4n) is 3.67. The summed E-state index contributed by atoms with van der Waals surface area (Å²) in [5, 5.41) is 0. The molecule has 1 saturated heterocycles. The van der Waals surface area contributed by atoms with E-state index in [1.807, 2.05) is 35.2 Å². The second-order valence-electron chi connectivity index (χ2n) is 6.65. The molecule has 0 radical (unpaired) electrons. The topological polar surface area (TPSA) is 48.0 Å². The largest absolute Gasteiger partial charge is 0.497 e. The van der Waals surface area contributed by atoms with E-state index in [9.17, 15) is 4.79 Å². The first-order chi connectivity index (χ1) is 12.8. The number of hydrogen-bond donors (Lipinski definition) is 0. The lowest BCUT2D eigenvalue weighted by molar-refractivity contribution is 0.0735. The zero-order valence-corrected chi connectivity index (χ0v) is 14.9.